The molecule has 1 N–H and O–H groups in total. The fraction of sp³-hybridized carbons (Fsp3) is 0.571. The quantitative estimate of drug-likeness (QED) is 0.804. The monoisotopic (exact) mass is 255 g/mol. The van der Waals surface area contributed by atoms with Crippen molar-refractivity contribution >= 4 is 5.69 Å². The average molecular weight is 255 g/mol. The summed E-state index contributed by atoms with van der Waals surface area (Å²) in [6.07, 6.45) is 7.15. The third-order valence-corrected chi connectivity index (χ3v) is 3.32. The number of ether oxygens (including phenoxy) is 1. The second-order valence-electron chi connectivity index (χ2n) is 4.71. The molecule has 100 valence electrons. The molecule has 2 rings (SSSR count). The zero-order valence-corrected chi connectivity index (χ0v) is 10.4. The summed E-state index contributed by atoms with van der Waals surface area (Å²) >= 11 is 0. The highest BCUT2D eigenvalue weighted by atomic mass is 19.3. The molecule has 1 fully saturated rings. The van der Waals surface area contributed by atoms with Gasteiger partial charge in [0, 0.05) is 6.04 Å². The van der Waals surface area contributed by atoms with E-state index >= 15 is 0 Å². The van der Waals surface area contributed by atoms with E-state index < -0.39 is 6.61 Å². The van der Waals surface area contributed by atoms with Crippen LogP contribution < -0.4 is 10.1 Å². The van der Waals surface area contributed by atoms with Gasteiger partial charge in [-0.25, -0.2) is 0 Å². The highest BCUT2D eigenvalue weighted by Gasteiger charge is 2.15. The first-order valence-electron chi connectivity index (χ1n) is 6.56. The number of halogens is 2. The number of alkyl halides is 2. The summed E-state index contributed by atoms with van der Waals surface area (Å²) in [5.41, 5.74) is 0.671. The SMILES string of the molecule is FC(F)Oc1ccccc1NC1CCCCCC1. The summed E-state index contributed by atoms with van der Waals surface area (Å²) in [7, 11) is 0. The lowest BCUT2D eigenvalue weighted by molar-refractivity contribution is -0.0493. The number of benzene rings is 1. The van der Waals surface area contributed by atoms with Gasteiger partial charge >= 0.3 is 6.61 Å². The molecule has 0 bridgehead atoms. The van der Waals surface area contributed by atoms with Gasteiger partial charge in [0.15, 0.2) is 0 Å². The van der Waals surface area contributed by atoms with Crippen LogP contribution >= 0.6 is 0 Å². The summed E-state index contributed by atoms with van der Waals surface area (Å²) in [6.45, 7) is -2.78. The van der Waals surface area contributed by atoms with Gasteiger partial charge in [-0.2, -0.15) is 8.78 Å². The molecule has 1 saturated carbocycles. The predicted octanol–water partition coefficient (Wildman–Crippen LogP) is 4.42. The first-order chi connectivity index (χ1) is 8.75. The highest BCUT2D eigenvalue weighted by Crippen LogP contribution is 2.28. The number of anilines is 1. The Hall–Kier alpha value is -1.32. The average Bonchev–Trinajstić information content (AvgIpc) is 2.60. The molecular formula is C14H19F2NO. The molecule has 1 aliphatic carbocycles. The molecule has 1 aromatic carbocycles. The first-order valence-corrected chi connectivity index (χ1v) is 6.56. The largest absolute Gasteiger partial charge is 0.433 e. The number of nitrogens with one attached hydrogen (secondary N) is 1. The Morgan fingerprint density at radius 2 is 1.72 bits per heavy atom. The summed E-state index contributed by atoms with van der Waals surface area (Å²) < 4.78 is 29.1. The van der Waals surface area contributed by atoms with Crippen LogP contribution in [-0.4, -0.2) is 12.7 Å². The maximum absolute atomic E-state index is 12.3. The summed E-state index contributed by atoms with van der Waals surface area (Å²) in [6, 6.07) is 7.27. The Balaban J connectivity index is 2.02. The highest BCUT2D eigenvalue weighted by molar-refractivity contribution is 5.56. The maximum atomic E-state index is 12.3. The van der Waals surface area contributed by atoms with Crippen LogP contribution in [0.3, 0.4) is 0 Å². The molecule has 1 aliphatic rings. The number of para-hydroxylation sites is 2. The molecular weight excluding hydrogens is 236 g/mol. The molecule has 0 unspecified atom stereocenters. The second kappa shape index (κ2) is 6.57. The fourth-order valence-corrected chi connectivity index (χ4v) is 2.43. The molecule has 0 heterocycles. The third-order valence-electron chi connectivity index (χ3n) is 3.32. The number of rotatable bonds is 4. The van der Waals surface area contributed by atoms with Crippen LogP contribution in [0.15, 0.2) is 24.3 Å². The summed E-state index contributed by atoms with van der Waals surface area (Å²) in [4.78, 5) is 0. The van der Waals surface area contributed by atoms with Crippen LogP contribution in [0, 0.1) is 0 Å². The second-order valence-corrected chi connectivity index (χ2v) is 4.71. The van der Waals surface area contributed by atoms with Gasteiger partial charge in [0.2, 0.25) is 0 Å². The Labute approximate surface area is 106 Å². The van der Waals surface area contributed by atoms with E-state index in [0.29, 0.717) is 11.7 Å². The lowest BCUT2D eigenvalue weighted by Crippen LogP contribution is -2.19. The van der Waals surface area contributed by atoms with Crippen LogP contribution in [0.1, 0.15) is 38.5 Å². The van der Waals surface area contributed by atoms with Gasteiger partial charge in [0.05, 0.1) is 5.69 Å². The molecule has 2 nitrogen and oxygen atoms in total. The van der Waals surface area contributed by atoms with E-state index in [9.17, 15) is 8.78 Å². The number of hydrogen-bond donors (Lipinski definition) is 1. The first kappa shape index (κ1) is 13.1. The van der Waals surface area contributed by atoms with E-state index in [4.69, 9.17) is 0 Å². The van der Waals surface area contributed by atoms with Gasteiger partial charge in [-0.15, -0.1) is 0 Å². The van der Waals surface area contributed by atoms with Gasteiger partial charge in [-0.1, -0.05) is 37.8 Å². The Kier molecular flexibility index (Phi) is 4.79. The van der Waals surface area contributed by atoms with Gasteiger partial charge in [0.1, 0.15) is 5.75 Å². The van der Waals surface area contributed by atoms with E-state index in [1.807, 2.05) is 6.07 Å². The molecule has 4 heteroatoms. The third kappa shape index (κ3) is 3.86. The van der Waals surface area contributed by atoms with Gasteiger partial charge in [-0.3, -0.25) is 0 Å². The molecule has 0 spiro atoms. The fourth-order valence-electron chi connectivity index (χ4n) is 2.43. The van der Waals surface area contributed by atoms with Crippen LogP contribution in [0.4, 0.5) is 14.5 Å². The van der Waals surface area contributed by atoms with Crippen molar-refractivity contribution in [3.8, 4) is 5.75 Å². The van der Waals surface area contributed by atoms with Gasteiger partial charge < -0.3 is 10.1 Å². The smallest absolute Gasteiger partial charge is 0.387 e. The topological polar surface area (TPSA) is 21.3 Å². The summed E-state index contributed by atoms with van der Waals surface area (Å²) in [5, 5.41) is 3.34. The summed E-state index contributed by atoms with van der Waals surface area (Å²) in [5.74, 6) is 0.233. The van der Waals surface area contributed by atoms with Crippen molar-refractivity contribution in [3.05, 3.63) is 24.3 Å². The van der Waals surface area contributed by atoms with Crippen LogP contribution in [0.25, 0.3) is 0 Å². The predicted molar refractivity (Wildman–Crippen MR) is 68.2 cm³/mol. The minimum absolute atomic E-state index is 0.233. The van der Waals surface area contributed by atoms with E-state index in [2.05, 4.69) is 10.1 Å². The minimum Gasteiger partial charge on any atom is -0.433 e. The van der Waals surface area contributed by atoms with Crippen LogP contribution in [-0.2, 0) is 0 Å². The van der Waals surface area contributed by atoms with E-state index in [-0.39, 0.29) is 5.75 Å². The molecule has 1 aromatic rings. The Morgan fingerprint density at radius 3 is 2.39 bits per heavy atom. The van der Waals surface area contributed by atoms with Crippen molar-refractivity contribution in [2.24, 2.45) is 0 Å². The zero-order valence-electron chi connectivity index (χ0n) is 10.4. The van der Waals surface area contributed by atoms with Crippen molar-refractivity contribution in [2.75, 3.05) is 5.32 Å². The number of hydrogen-bond acceptors (Lipinski definition) is 2. The standard InChI is InChI=1S/C14H19F2NO/c15-14(16)18-13-10-6-5-9-12(13)17-11-7-3-1-2-4-8-11/h5-6,9-11,14,17H,1-4,7-8H2. The van der Waals surface area contributed by atoms with Crippen LogP contribution in [0.2, 0.25) is 0 Å². The minimum atomic E-state index is -2.78. The van der Waals surface area contributed by atoms with Crippen molar-refractivity contribution < 1.29 is 13.5 Å². The van der Waals surface area contributed by atoms with Crippen molar-refractivity contribution in [1.82, 2.24) is 0 Å². The molecule has 0 aliphatic heterocycles. The molecule has 0 saturated heterocycles. The zero-order chi connectivity index (χ0) is 12.8. The van der Waals surface area contributed by atoms with Crippen LogP contribution in [0.5, 0.6) is 5.75 Å². The van der Waals surface area contributed by atoms with Crippen molar-refractivity contribution in [3.63, 3.8) is 0 Å². The Bertz CT molecular complexity index is 363. The molecule has 0 aromatic heterocycles. The van der Waals surface area contributed by atoms with Gasteiger partial charge in [-0.05, 0) is 25.0 Å². The normalized spacial score (nSPS) is 17.5. The lowest BCUT2D eigenvalue weighted by Gasteiger charge is -2.19. The van der Waals surface area contributed by atoms with E-state index in [1.165, 1.54) is 25.7 Å². The van der Waals surface area contributed by atoms with Gasteiger partial charge in [0.25, 0.3) is 0 Å². The molecule has 0 radical (unpaired) electrons. The molecule has 0 atom stereocenters. The Morgan fingerprint density at radius 1 is 1.06 bits per heavy atom. The van der Waals surface area contributed by atoms with E-state index in [1.54, 1.807) is 18.2 Å². The maximum Gasteiger partial charge on any atom is 0.387 e. The lowest BCUT2D eigenvalue weighted by atomic mass is 10.1. The van der Waals surface area contributed by atoms with Crippen molar-refractivity contribution in [1.29, 1.82) is 0 Å². The molecule has 18 heavy (non-hydrogen) atoms. The van der Waals surface area contributed by atoms with Crippen molar-refractivity contribution in [2.45, 2.75) is 51.2 Å². The molecule has 0 amide bonds. The van der Waals surface area contributed by atoms with E-state index in [0.717, 1.165) is 12.8 Å².